The van der Waals surface area contributed by atoms with E-state index >= 15 is 0 Å². The Morgan fingerprint density at radius 1 is 1.18 bits per heavy atom. The van der Waals surface area contributed by atoms with Gasteiger partial charge in [0.2, 0.25) is 0 Å². The zero-order valence-corrected chi connectivity index (χ0v) is 12.0. The van der Waals surface area contributed by atoms with Crippen LogP contribution in [0.4, 0.5) is 0 Å². The predicted octanol–water partition coefficient (Wildman–Crippen LogP) is 3.79. The highest BCUT2D eigenvalue weighted by atomic mass is 16.3. The summed E-state index contributed by atoms with van der Waals surface area (Å²) in [6, 6.07) is 0.599. The van der Waals surface area contributed by atoms with Crippen LogP contribution in [0.3, 0.4) is 0 Å². The van der Waals surface area contributed by atoms with Crippen LogP contribution in [0.25, 0.3) is 0 Å². The third-order valence-electron chi connectivity index (χ3n) is 4.41. The van der Waals surface area contributed by atoms with Crippen molar-refractivity contribution in [3.05, 3.63) is 0 Å². The van der Waals surface area contributed by atoms with Gasteiger partial charge in [0.1, 0.15) is 6.23 Å². The van der Waals surface area contributed by atoms with Crippen LogP contribution in [-0.4, -0.2) is 29.3 Å². The lowest BCUT2D eigenvalue weighted by Crippen LogP contribution is -2.43. The lowest BCUT2D eigenvalue weighted by atomic mass is 9.83. The lowest BCUT2D eigenvalue weighted by Gasteiger charge is -2.38. The molecule has 17 heavy (non-hydrogen) atoms. The Labute approximate surface area is 107 Å². The molecule has 0 aromatic carbocycles. The molecule has 0 amide bonds. The van der Waals surface area contributed by atoms with Gasteiger partial charge in [0.05, 0.1) is 0 Å². The first-order valence-electron chi connectivity index (χ1n) is 7.56. The molecule has 2 nitrogen and oxygen atoms in total. The molecule has 0 heterocycles. The Bertz CT molecular complexity index is 191. The van der Waals surface area contributed by atoms with Gasteiger partial charge in [-0.15, -0.1) is 0 Å². The fraction of sp³-hybridized carbons (Fsp3) is 1.00. The number of hydrogen-bond donors (Lipinski definition) is 1. The predicted molar refractivity (Wildman–Crippen MR) is 73.9 cm³/mol. The van der Waals surface area contributed by atoms with Crippen molar-refractivity contribution in [3.63, 3.8) is 0 Å². The van der Waals surface area contributed by atoms with E-state index in [0.29, 0.717) is 6.04 Å². The van der Waals surface area contributed by atoms with E-state index < -0.39 is 0 Å². The third-order valence-corrected chi connectivity index (χ3v) is 4.41. The van der Waals surface area contributed by atoms with Crippen LogP contribution in [0.5, 0.6) is 0 Å². The van der Waals surface area contributed by atoms with Crippen molar-refractivity contribution in [2.24, 2.45) is 5.92 Å². The van der Waals surface area contributed by atoms with Crippen molar-refractivity contribution >= 4 is 0 Å². The number of unbranched alkanes of at least 4 members (excludes halogenated alkanes) is 1. The molecule has 0 spiro atoms. The smallest absolute Gasteiger partial charge is 0.104 e. The van der Waals surface area contributed by atoms with E-state index in [-0.39, 0.29) is 6.23 Å². The summed E-state index contributed by atoms with van der Waals surface area (Å²) in [4.78, 5) is 2.20. The third kappa shape index (κ3) is 4.97. The number of aliphatic hydroxyl groups is 1. The first kappa shape index (κ1) is 15.0. The molecule has 0 aliphatic heterocycles. The Hall–Kier alpha value is -0.0800. The molecule has 102 valence electrons. The van der Waals surface area contributed by atoms with Gasteiger partial charge in [-0.2, -0.15) is 0 Å². The summed E-state index contributed by atoms with van der Waals surface area (Å²) in [6.45, 7) is 4.17. The van der Waals surface area contributed by atoms with Gasteiger partial charge in [-0.3, -0.25) is 4.90 Å². The molecule has 1 aliphatic rings. The van der Waals surface area contributed by atoms with E-state index in [0.717, 1.165) is 5.92 Å². The minimum Gasteiger partial charge on any atom is -0.379 e. The van der Waals surface area contributed by atoms with Gasteiger partial charge in [0, 0.05) is 6.04 Å². The summed E-state index contributed by atoms with van der Waals surface area (Å²) in [7, 11) is 2.09. The second-order valence-electron chi connectivity index (χ2n) is 5.76. The lowest BCUT2D eigenvalue weighted by molar-refractivity contribution is -0.0179. The van der Waals surface area contributed by atoms with Crippen LogP contribution in [0, 0.1) is 5.92 Å². The molecule has 2 heteroatoms. The number of nitrogens with zero attached hydrogens (tertiary/aromatic N) is 1. The second-order valence-corrected chi connectivity index (χ2v) is 5.76. The molecule has 0 aromatic rings. The molecule has 0 bridgehead atoms. The highest BCUT2D eigenvalue weighted by Gasteiger charge is 2.27. The fourth-order valence-corrected chi connectivity index (χ4v) is 3.16. The Balaban J connectivity index is 2.60. The van der Waals surface area contributed by atoms with Gasteiger partial charge in [-0.25, -0.2) is 0 Å². The fourth-order valence-electron chi connectivity index (χ4n) is 3.16. The molecule has 1 saturated carbocycles. The molecule has 1 aliphatic carbocycles. The van der Waals surface area contributed by atoms with E-state index in [2.05, 4.69) is 18.9 Å². The monoisotopic (exact) mass is 241 g/mol. The van der Waals surface area contributed by atoms with Crippen molar-refractivity contribution in [1.29, 1.82) is 0 Å². The van der Waals surface area contributed by atoms with E-state index in [1.165, 1.54) is 57.8 Å². The van der Waals surface area contributed by atoms with Crippen molar-refractivity contribution in [2.75, 3.05) is 7.05 Å². The zero-order chi connectivity index (χ0) is 12.7. The molecule has 0 saturated heterocycles. The van der Waals surface area contributed by atoms with Gasteiger partial charge in [-0.05, 0) is 39.2 Å². The maximum absolute atomic E-state index is 9.80. The summed E-state index contributed by atoms with van der Waals surface area (Å²) in [5.41, 5.74) is 0. The number of aliphatic hydroxyl groups excluding tert-OH is 1. The van der Waals surface area contributed by atoms with E-state index in [9.17, 15) is 5.11 Å². The molecule has 1 fully saturated rings. The summed E-state index contributed by atoms with van der Waals surface area (Å²) < 4.78 is 0. The van der Waals surface area contributed by atoms with Crippen LogP contribution < -0.4 is 0 Å². The largest absolute Gasteiger partial charge is 0.379 e. The van der Waals surface area contributed by atoms with Gasteiger partial charge in [0.15, 0.2) is 0 Å². The Kier molecular flexibility index (Phi) is 7.14. The van der Waals surface area contributed by atoms with Crippen LogP contribution in [0.1, 0.15) is 71.6 Å². The average molecular weight is 241 g/mol. The normalized spacial score (nSPS) is 28.8. The maximum Gasteiger partial charge on any atom is 0.104 e. The first-order chi connectivity index (χ1) is 8.16. The number of hydrogen-bond acceptors (Lipinski definition) is 2. The highest BCUT2D eigenvalue weighted by Crippen LogP contribution is 2.30. The van der Waals surface area contributed by atoms with Crippen LogP contribution in [-0.2, 0) is 0 Å². The molecule has 0 radical (unpaired) electrons. The highest BCUT2D eigenvalue weighted by molar-refractivity contribution is 4.80. The van der Waals surface area contributed by atoms with Gasteiger partial charge >= 0.3 is 0 Å². The van der Waals surface area contributed by atoms with Gasteiger partial charge < -0.3 is 5.11 Å². The molecule has 3 unspecified atom stereocenters. The average Bonchev–Trinajstić information content (AvgIpc) is 2.27. The maximum atomic E-state index is 9.80. The van der Waals surface area contributed by atoms with E-state index in [4.69, 9.17) is 0 Å². The molecular weight excluding hydrogens is 210 g/mol. The number of rotatable bonds is 5. The van der Waals surface area contributed by atoms with Crippen molar-refractivity contribution < 1.29 is 5.11 Å². The van der Waals surface area contributed by atoms with Crippen molar-refractivity contribution in [1.82, 2.24) is 4.90 Å². The van der Waals surface area contributed by atoms with E-state index in [1.54, 1.807) is 0 Å². The van der Waals surface area contributed by atoms with Crippen molar-refractivity contribution in [2.45, 2.75) is 83.9 Å². The summed E-state index contributed by atoms with van der Waals surface area (Å²) >= 11 is 0. The minimum absolute atomic E-state index is 0.302. The topological polar surface area (TPSA) is 23.5 Å². The van der Waals surface area contributed by atoms with Crippen LogP contribution in [0.15, 0.2) is 0 Å². The zero-order valence-electron chi connectivity index (χ0n) is 12.0. The van der Waals surface area contributed by atoms with Gasteiger partial charge in [-0.1, -0.05) is 45.4 Å². The molecule has 1 rings (SSSR count). The second kappa shape index (κ2) is 8.10. The summed E-state index contributed by atoms with van der Waals surface area (Å²) in [5, 5.41) is 9.80. The molecular formula is C15H31NO. The standard InChI is InChI=1S/C15H31NO/c1-4-5-10-14-11-8-6-7-9-12-15(14)16(3)13(2)17/h13-15,17H,4-12H2,1-3H3. The molecule has 0 aromatic heterocycles. The summed E-state index contributed by atoms with van der Waals surface area (Å²) in [6.07, 6.45) is 11.8. The Morgan fingerprint density at radius 3 is 2.41 bits per heavy atom. The van der Waals surface area contributed by atoms with Gasteiger partial charge in [0.25, 0.3) is 0 Å². The Morgan fingerprint density at radius 2 is 1.82 bits per heavy atom. The molecule has 3 atom stereocenters. The minimum atomic E-state index is -0.302. The quantitative estimate of drug-likeness (QED) is 0.740. The van der Waals surface area contributed by atoms with Crippen LogP contribution >= 0.6 is 0 Å². The van der Waals surface area contributed by atoms with E-state index in [1.807, 2.05) is 6.92 Å². The summed E-state index contributed by atoms with van der Waals surface area (Å²) in [5.74, 6) is 0.801. The molecule has 1 N–H and O–H groups in total. The SMILES string of the molecule is CCCCC1CCCCCCC1N(C)C(C)O. The van der Waals surface area contributed by atoms with Crippen LogP contribution in [0.2, 0.25) is 0 Å². The first-order valence-corrected chi connectivity index (χ1v) is 7.56. The van der Waals surface area contributed by atoms with Crippen molar-refractivity contribution in [3.8, 4) is 0 Å².